The van der Waals surface area contributed by atoms with Crippen molar-refractivity contribution < 1.29 is 9.90 Å². The molecule has 2 atom stereocenters. The smallest absolute Gasteiger partial charge is 0.133 e. The lowest BCUT2D eigenvalue weighted by Gasteiger charge is -2.30. The summed E-state index contributed by atoms with van der Waals surface area (Å²) in [6.45, 7) is 6.78. The topological polar surface area (TPSA) is 37.3 Å². The zero-order valence-electron chi connectivity index (χ0n) is 11.4. The summed E-state index contributed by atoms with van der Waals surface area (Å²) in [5, 5.41) is 9.37. The van der Waals surface area contributed by atoms with Gasteiger partial charge in [0.2, 0.25) is 0 Å². The molecule has 0 aromatic heterocycles. The van der Waals surface area contributed by atoms with Crippen molar-refractivity contribution in [1.29, 1.82) is 0 Å². The average molecular weight is 238 g/mol. The summed E-state index contributed by atoms with van der Waals surface area (Å²) in [4.78, 5) is 11.5. The Morgan fingerprint density at radius 2 is 2.24 bits per heavy atom. The van der Waals surface area contributed by atoms with Gasteiger partial charge in [-0.05, 0) is 43.9 Å². The van der Waals surface area contributed by atoms with E-state index in [0.29, 0.717) is 24.5 Å². The van der Waals surface area contributed by atoms with E-state index in [1.165, 1.54) is 12.0 Å². The maximum Gasteiger partial charge on any atom is 0.133 e. The highest BCUT2D eigenvalue weighted by atomic mass is 16.3. The number of carbonyl (C=O) groups excluding carboxylic acids is 1. The van der Waals surface area contributed by atoms with Crippen LogP contribution in [0, 0.1) is 17.8 Å². The summed E-state index contributed by atoms with van der Waals surface area (Å²) in [6.07, 6.45) is 6.70. The van der Waals surface area contributed by atoms with E-state index in [2.05, 4.69) is 26.8 Å². The first kappa shape index (κ1) is 14.4. The molecule has 1 rings (SSSR count). The van der Waals surface area contributed by atoms with Gasteiger partial charge in [0.05, 0.1) is 0 Å². The van der Waals surface area contributed by atoms with Crippen LogP contribution in [0.3, 0.4) is 0 Å². The first-order valence-electron chi connectivity index (χ1n) is 6.83. The first-order chi connectivity index (χ1) is 8.04. The third-order valence-electron chi connectivity index (χ3n) is 3.84. The van der Waals surface area contributed by atoms with E-state index in [1.807, 2.05) is 0 Å². The van der Waals surface area contributed by atoms with Crippen molar-refractivity contribution in [3.8, 4) is 0 Å². The highest BCUT2D eigenvalue weighted by Gasteiger charge is 2.29. The normalized spacial score (nSPS) is 26.6. The standard InChI is InChI=1S/C15H26O2/c1-11(2)5-4-6-12(3)15-9-14(17)8-7-13(15)10-16/h6,11,13,15-16H,4-5,7-10H2,1-3H3/b12-6+/t13-,15-/m1/s1. The van der Waals surface area contributed by atoms with Gasteiger partial charge >= 0.3 is 0 Å². The van der Waals surface area contributed by atoms with Gasteiger partial charge in [-0.1, -0.05) is 25.5 Å². The number of rotatable bonds is 5. The number of hydrogen-bond donors (Lipinski definition) is 1. The quantitative estimate of drug-likeness (QED) is 0.746. The fourth-order valence-electron chi connectivity index (χ4n) is 2.61. The van der Waals surface area contributed by atoms with Gasteiger partial charge in [0.1, 0.15) is 5.78 Å². The number of Topliss-reactive ketones (excluding diaryl/α,β-unsaturated/α-hetero) is 1. The highest BCUT2D eigenvalue weighted by molar-refractivity contribution is 5.79. The molecule has 0 amide bonds. The minimum absolute atomic E-state index is 0.216. The number of carbonyl (C=O) groups is 1. The summed E-state index contributed by atoms with van der Waals surface area (Å²) in [6, 6.07) is 0. The van der Waals surface area contributed by atoms with Gasteiger partial charge in [-0.25, -0.2) is 0 Å². The second kappa shape index (κ2) is 6.95. The van der Waals surface area contributed by atoms with E-state index >= 15 is 0 Å². The molecule has 0 aliphatic heterocycles. The van der Waals surface area contributed by atoms with Gasteiger partial charge in [0.25, 0.3) is 0 Å². The molecule has 1 N–H and O–H groups in total. The lowest BCUT2D eigenvalue weighted by atomic mass is 9.75. The van der Waals surface area contributed by atoms with Crippen LogP contribution in [0.5, 0.6) is 0 Å². The average Bonchev–Trinajstić information content (AvgIpc) is 2.28. The van der Waals surface area contributed by atoms with Crippen molar-refractivity contribution in [2.45, 2.75) is 52.9 Å². The fourth-order valence-corrected chi connectivity index (χ4v) is 2.61. The third-order valence-corrected chi connectivity index (χ3v) is 3.84. The van der Waals surface area contributed by atoms with Gasteiger partial charge in [-0.3, -0.25) is 4.79 Å². The van der Waals surface area contributed by atoms with Gasteiger partial charge in [-0.2, -0.15) is 0 Å². The van der Waals surface area contributed by atoms with Crippen molar-refractivity contribution in [3.05, 3.63) is 11.6 Å². The molecule has 0 spiro atoms. The largest absolute Gasteiger partial charge is 0.396 e. The highest BCUT2D eigenvalue weighted by Crippen LogP contribution is 2.33. The molecule has 0 aromatic rings. The van der Waals surface area contributed by atoms with E-state index in [4.69, 9.17) is 0 Å². The molecule has 0 bridgehead atoms. The molecule has 2 heteroatoms. The van der Waals surface area contributed by atoms with Crippen LogP contribution in [0.2, 0.25) is 0 Å². The van der Waals surface area contributed by atoms with E-state index < -0.39 is 0 Å². The second-order valence-corrected chi connectivity index (χ2v) is 5.75. The molecule has 1 saturated carbocycles. The molecule has 0 radical (unpaired) electrons. The van der Waals surface area contributed by atoms with Crippen LogP contribution >= 0.6 is 0 Å². The Morgan fingerprint density at radius 3 is 2.82 bits per heavy atom. The Bertz CT molecular complexity index is 279. The molecule has 0 unspecified atom stereocenters. The summed E-state index contributed by atoms with van der Waals surface area (Å²) in [5.41, 5.74) is 1.30. The summed E-state index contributed by atoms with van der Waals surface area (Å²) in [7, 11) is 0. The first-order valence-corrected chi connectivity index (χ1v) is 6.83. The van der Waals surface area contributed by atoms with Crippen LogP contribution in [0.4, 0.5) is 0 Å². The SMILES string of the molecule is C/C(=C\CCC(C)C)[C@H]1CC(=O)CC[C@@H]1CO. The molecule has 98 valence electrons. The van der Waals surface area contributed by atoms with Gasteiger partial charge < -0.3 is 5.11 Å². The van der Waals surface area contributed by atoms with Crippen molar-refractivity contribution in [2.24, 2.45) is 17.8 Å². The van der Waals surface area contributed by atoms with Crippen LogP contribution in [0.15, 0.2) is 11.6 Å². The zero-order valence-corrected chi connectivity index (χ0v) is 11.4. The van der Waals surface area contributed by atoms with E-state index in [1.54, 1.807) is 0 Å². The monoisotopic (exact) mass is 238 g/mol. The minimum Gasteiger partial charge on any atom is -0.396 e. The predicted octanol–water partition coefficient (Wildman–Crippen LogP) is 3.35. The molecule has 1 aliphatic rings. The molecular formula is C15H26O2. The number of allylic oxidation sites excluding steroid dienone is 2. The van der Waals surface area contributed by atoms with Crippen LogP contribution < -0.4 is 0 Å². The van der Waals surface area contributed by atoms with Crippen LogP contribution in [0.1, 0.15) is 52.9 Å². The van der Waals surface area contributed by atoms with Crippen LogP contribution in [-0.4, -0.2) is 17.5 Å². The van der Waals surface area contributed by atoms with Crippen molar-refractivity contribution in [3.63, 3.8) is 0 Å². The second-order valence-electron chi connectivity index (χ2n) is 5.75. The number of ketones is 1. The lowest BCUT2D eigenvalue weighted by molar-refractivity contribution is -0.122. The zero-order chi connectivity index (χ0) is 12.8. The van der Waals surface area contributed by atoms with E-state index in [-0.39, 0.29) is 12.5 Å². The number of aliphatic hydroxyl groups excluding tert-OH is 1. The summed E-state index contributed by atoms with van der Waals surface area (Å²) >= 11 is 0. The Labute approximate surface area is 105 Å². The Morgan fingerprint density at radius 1 is 1.53 bits per heavy atom. The predicted molar refractivity (Wildman–Crippen MR) is 70.8 cm³/mol. The van der Waals surface area contributed by atoms with Crippen molar-refractivity contribution in [1.82, 2.24) is 0 Å². The van der Waals surface area contributed by atoms with Gasteiger partial charge in [0.15, 0.2) is 0 Å². The molecule has 0 aromatic carbocycles. The molecule has 1 aliphatic carbocycles. The Kier molecular flexibility index (Phi) is 5.90. The minimum atomic E-state index is 0.216. The van der Waals surface area contributed by atoms with Gasteiger partial charge in [0, 0.05) is 19.4 Å². The number of aliphatic hydroxyl groups is 1. The maximum absolute atomic E-state index is 11.5. The van der Waals surface area contributed by atoms with Crippen molar-refractivity contribution >= 4 is 5.78 Å². The molecular weight excluding hydrogens is 212 g/mol. The Balaban J connectivity index is 2.57. The number of hydrogen-bond acceptors (Lipinski definition) is 2. The molecule has 2 nitrogen and oxygen atoms in total. The molecule has 0 heterocycles. The molecule has 1 fully saturated rings. The fraction of sp³-hybridized carbons (Fsp3) is 0.800. The Hall–Kier alpha value is -0.630. The molecule has 17 heavy (non-hydrogen) atoms. The van der Waals surface area contributed by atoms with Gasteiger partial charge in [-0.15, -0.1) is 0 Å². The lowest BCUT2D eigenvalue weighted by Crippen LogP contribution is -2.28. The third kappa shape index (κ3) is 4.63. The van der Waals surface area contributed by atoms with E-state index in [9.17, 15) is 9.90 Å². The maximum atomic E-state index is 11.5. The van der Waals surface area contributed by atoms with Crippen LogP contribution in [-0.2, 0) is 4.79 Å². The van der Waals surface area contributed by atoms with Crippen molar-refractivity contribution in [2.75, 3.05) is 6.61 Å². The van der Waals surface area contributed by atoms with Crippen LogP contribution in [0.25, 0.3) is 0 Å². The van der Waals surface area contributed by atoms with E-state index in [0.717, 1.165) is 18.8 Å². The summed E-state index contributed by atoms with van der Waals surface area (Å²) in [5.74, 6) is 1.66. The molecule has 0 saturated heterocycles. The summed E-state index contributed by atoms with van der Waals surface area (Å²) < 4.78 is 0.